The highest BCUT2D eigenvalue weighted by Gasteiger charge is 2.28. The minimum atomic E-state index is 0.454. The fraction of sp³-hybridized carbons (Fsp3) is 0.769. The van der Waals surface area contributed by atoms with E-state index in [9.17, 15) is 0 Å². The lowest BCUT2D eigenvalue weighted by Gasteiger charge is -2.23. The lowest BCUT2D eigenvalue weighted by Crippen LogP contribution is -2.33. The number of hydrogen-bond donors (Lipinski definition) is 1. The first kappa shape index (κ1) is 13.0. The maximum absolute atomic E-state index is 4.35. The SMILES string of the molecule is CCCn1nccc1CNCC1(C)CCCS1. The zero-order valence-electron chi connectivity index (χ0n) is 10.9. The van der Waals surface area contributed by atoms with Gasteiger partial charge in [0.05, 0.1) is 5.69 Å². The molecule has 1 saturated heterocycles. The average Bonchev–Trinajstić information content (AvgIpc) is 2.90. The summed E-state index contributed by atoms with van der Waals surface area (Å²) >= 11 is 2.11. The Morgan fingerprint density at radius 2 is 2.47 bits per heavy atom. The van der Waals surface area contributed by atoms with Crippen LogP contribution in [0.1, 0.15) is 38.8 Å². The monoisotopic (exact) mass is 253 g/mol. The summed E-state index contributed by atoms with van der Waals surface area (Å²) in [6, 6.07) is 2.12. The second-order valence-corrected chi connectivity index (χ2v) is 6.73. The van der Waals surface area contributed by atoms with Crippen molar-refractivity contribution >= 4 is 11.8 Å². The molecule has 0 amide bonds. The summed E-state index contributed by atoms with van der Waals surface area (Å²) in [4.78, 5) is 0. The van der Waals surface area contributed by atoms with E-state index < -0.39 is 0 Å². The number of nitrogens with one attached hydrogen (secondary N) is 1. The topological polar surface area (TPSA) is 29.9 Å². The molecule has 0 spiro atoms. The van der Waals surface area contributed by atoms with E-state index in [2.05, 4.69) is 46.8 Å². The highest BCUT2D eigenvalue weighted by atomic mass is 32.2. The molecule has 1 aromatic heterocycles. The Labute approximate surface area is 108 Å². The molecule has 0 aliphatic carbocycles. The molecular weight excluding hydrogens is 230 g/mol. The molecule has 17 heavy (non-hydrogen) atoms. The van der Waals surface area contributed by atoms with E-state index in [1.54, 1.807) is 0 Å². The van der Waals surface area contributed by atoms with Gasteiger partial charge in [-0.3, -0.25) is 4.68 Å². The van der Waals surface area contributed by atoms with Crippen molar-refractivity contribution in [1.29, 1.82) is 0 Å². The van der Waals surface area contributed by atoms with Gasteiger partial charge >= 0.3 is 0 Å². The highest BCUT2D eigenvalue weighted by molar-refractivity contribution is 8.00. The fourth-order valence-corrected chi connectivity index (χ4v) is 3.63. The molecule has 1 atom stereocenters. The van der Waals surface area contributed by atoms with E-state index in [4.69, 9.17) is 0 Å². The van der Waals surface area contributed by atoms with Crippen LogP contribution in [0.3, 0.4) is 0 Å². The van der Waals surface area contributed by atoms with Crippen molar-refractivity contribution in [2.24, 2.45) is 0 Å². The van der Waals surface area contributed by atoms with Gasteiger partial charge in [0.25, 0.3) is 0 Å². The largest absolute Gasteiger partial charge is 0.310 e. The van der Waals surface area contributed by atoms with Crippen molar-refractivity contribution < 1.29 is 0 Å². The predicted octanol–water partition coefficient (Wildman–Crippen LogP) is 2.67. The third-order valence-corrected chi connectivity index (χ3v) is 4.88. The molecule has 0 aromatic carbocycles. The van der Waals surface area contributed by atoms with Crippen molar-refractivity contribution in [2.45, 2.75) is 50.9 Å². The van der Waals surface area contributed by atoms with Gasteiger partial charge in [0.1, 0.15) is 0 Å². The molecule has 1 unspecified atom stereocenters. The van der Waals surface area contributed by atoms with Crippen LogP contribution in [0.4, 0.5) is 0 Å². The minimum Gasteiger partial charge on any atom is -0.310 e. The number of hydrogen-bond acceptors (Lipinski definition) is 3. The van der Waals surface area contributed by atoms with Crippen molar-refractivity contribution in [3.8, 4) is 0 Å². The molecular formula is C13H23N3S. The lowest BCUT2D eigenvalue weighted by molar-refractivity contribution is 0.508. The maximum atomic E-state index is 4.35. The third kappa shape index (κ3) is 3.49. The van der Waals surface area contributed by atoms with E-state index in [0.717, 1.165) is 26.1 Å². The molecule has 2 rings (SSSR count). The van der Waals surface area contributed by atoms with Gasteiger partial charge in [-0.15, -0.1) is 0 Å². The van der Waals surface area contributed by atoms with Crippen LogP contribution in [-0.4, -0.2) is 26.8 Å². The van der Waals surface area contributed by atoms with Gasteiger partial charge in [0.15, 0.2) is 0 Å². The van der Waals surface area contributed by atoms with Gasteiger partial charge in [-0.05, 0) is 38.0 Å². The van der Waals surface area contributed by atoms with E-state index >= 15 is 0 Å². The summed E-state index contributed by atoms with van der Waals surface area (Å²) < 4.78 is 2.56. The van der Waals surface area contributed by atoms with Crippen molar-refractivity contribution in [2.75, 3.05) is 12.3 Å². The predicted molar refractivity (Wildman–Crippen MR) is 74.3 cm³/mol. The summed E-state index contributed by atoms with van der Waals surface area (Å²) in [5.41, 5.74) is 1.30. The Balaban J connectivity index is 1.79. The Hall–Kier alpha value is -0.480. The smallest absolute Gasteiger partial charge is 0.0522 e. The highest BCUT2D eigenvalue weighted by Crippen LogP contribution is 2.36. The maximum Gasteiger partial charge on any atom is 0.0522 e. The van der Waals surface area contributed by atoms with Crippen LogP contribution in [-0.2, 0) is 13.1 Å². The van der Waals surface area contributed by atoms with Gasteiger partial charge in [0, 0.05) is 30.6 Å². The standard InChI is InChI=1S/C13H23N3S/c1-3-8-16-12(5-7-15-16)10-14-11-13(2)6-4-9-17-13/h5,7,14H,3-4,6,8-11H2,1-2H3. The van der Waals surface area contributed by atoms with Crippen LogP contribution in [0, 0.1) is 0 Å². The second kappa shape index (κ2) is 5.91. The molecule has 1 aliphatic heterocycles. The van der Waals surface area contributed by atoms with E-state index in [-0.39, 0.29) is 0 Å². The van der Waals surface area contributed by atoms with Crippen molar-refractivity contribution in [1.82, 2.24) is 15.1 Å². The van der Waals surface area contributed by atoms with Gasteiger partial charge in [-0.1, -0.05) is 6.92 Å². The molecule has 1 aliphatic rings. The number of aryl methyl sites for hydroxylation is 1. The van der Waals surface area contributed by atoms with Gasteiger partial charge in [0.2, 0.25) is 0 Å². The molecule has 0 bridgehead atoms. The summed E-state index contributed by atoms with van der Waals surface area (Å²) in [6.45, 7) is 7.64. The molecule has 1 fully saturated rings. The molecule has 3 nitrogen and oxygen atoms in total. The molecule has 1 aromatic rings. The van der Waals surface area contributed by atoms with Crippen LogP contribution in [0.2, 0.25) is 0 Å². The zero-order chi connectivity index (χ0) is 12.1. The Kier molecular flexibility index (Phi) is 4.51. The van der Waals surface area contributed by atoms with E-state index in [0.29, 0.717) is 4.75 Å². The van der Waals surface area contributed by atoms with Gasteiger partial charge < -0.3 is 5.32 Å². The molecule has 2 heterocycles. The average molecular weight is 253 g/mol. The van der Waals surface area contributed by atoms with E-state index in [1.165, 1.54) is 24.3 Å². The number of thioether (sulfide) groups is 1. The normalized spacial score (nSPS) is 24.4. The fourth-order valence-electron chi connectivity index (χ4n) is 2.35. The van der Waals surface area contributed by atoms with Crippen LogP contribution in [0.15, 0.2) is 12.3 Å². The molecule has 4 heteroatoms. The van der Waals surface area contributed by atoms with Crippen LogP contribution in [0.5, 0.6) is 0 Å². The quantitative estimate of drug-likeness (QED) is 0.845. The summed E-state index contributed by atoms with van der Waals surface area (Å²) in [5.74, 6) is 1.33. The lowest BCUT2D eigenvalue weighted by atomic mass is 10.1. The number of nitrogens with zero attached hydrogens (tertiary/aromatic N) is 2. The molecule has 1 N–H and O–H groups in total. The third-order valence-electron chi connectivity index (χ3n) is 3.35. The van der Waals surface area contributed by atoms with Crippen molar-refractivity contribution in [3.05, 3.63) is 18.0 Å². The Morgan fingerprint density at radius 1 is 1.59 bits per heavy atom. The number of rotatable bonds is 6. The first-order valence-corrected chi connectivity index (χ1v) is 7.57. The first-order valence-electron chi connectivity index (χ1n) is 6.59. The minimum absolute atomic E-state index is 0.454. The van der Waals surface area contributed by atoms with Crippen LogP contribution in [0.25, 0.3) is 0 Å². The van der Waals surface area contributed by atoms with Crippen molar-refractivity contribution in [3.63, 3.8) is 0 Å². The van der Waals surface area contributed by atoms with Crippen LogP contribution >= 0.6 is 11.8 Å². The first-order chi connectivity index (χ1) is 8.23. The molecule has 96 valence electrons. The summed E-state index contributed by atoms with van der Waals surface area (Å²) in [7, 11) is 0. The zero-order valence-corrected chi connectivity index (χ0v) is 11.7. The summed E-state index contributed by atoms with van der Waals surface area (Å²) in [5, 5.41) is 7.93. The Morgan fingerprint density at radius 3 is 3.18 bits per heavy atom. The number of aromatic nitrogens is 2. The van der Waals surface area contributed by atoms with Gasteiger partial charge in [-0.25, -0.2) is 0 Å². The van der Waals surface area contributed by atoms with Gasteiger partial charge in [-0.2, -0.15) is 16.9 Å². The Bertz CT molecular complexity index is 342. The molecule has 0 radical (unpaired) electrons. The second-order valence-electron chi connectivity index (χ2n) is 5.05. The van der Waals surface area contributed by atoms with E-state index in [1.807, 2.05) is 6.20 Å². The summed E-state index contributed by atoms with van der Waals surface area (Å²) in [6.07, 6.45) is 5.76. The van der Waals surface area contributed by atoms with Crippen LogP contribution < -0.4 is 5.32 Å². The molecule has 0 saturated carbocycles.